The van der Waals surface area contributed by atoms with Gasteiger partial charge in [-0.3, -0.25) is 14.2 Å². The van der Waals surface area contributed by atoms with E-state index in [-0.39, 0.29) is 5.91 Å². The van der Waals surface area contributed by atoms with Gasteiger partial charge in [0.15, 0.2) is 5.82 Å². The predicted molar refractivity (Wildman–Crippen MR) is 96.7 cm³/mol. The number of nitrogens with one attached hydrogen (secondary N) is 1. The molecule has 2 aromatic heterocycles. The number of aryl methyl sites for hydroxylation is 1. The lowest BCUT2D eigenvalue weighted by Gasteiger charge is -2.04. The lowest BCUT2D eigenvalue weighted by Crippen LogP contribution is -2.18. The fraction of sp³-hybridized carbons (Fsp3) is 0.133. The number of hydrogen-bond acceptors (Lipinski definition) is 3. The molecule has 3 aromatic rings. The monoisotopic (exact) mass is 441 g/mol. The number of benzene rings is 1. The molecule has 0 fully saturated rings. The van der Waals surface area contributed by atoms with Crippen molar-refractivity contribution in [1.82, 2.24) is 19.6 Å². The first-order valence-corrected chi connectivity index (χ1v) is 8.26. The maximum Gasteiger partial charge on any atom is 0.276 e. The van der Waals surface area contributed by atoms with Crippen molar-refractivity contribution in [1.29, 1.82) is 0 Å². The zero-order valence-corrected chi connectivity index (χ0v) is 15.1. The summed E-state index contributed by atoms with van der Waals surface area (Å²) in [6.07, 6.45) is 3.32. The number of amides is 1. The Morgan fingerprint density at radius 2 is 2.09 bits per heavy atom. The van der Waals surface area contributed by atoms with Crippen molar-refractivity contribution in [3.63, 3.8) is 0 Å². The third kappa shape index (κ3) is 3.56. The maximum absolute atomic E-state index is 12.4. The molecule has 6 nitrogen and oxygen atoms in total. The fourth-order valence-corrected chi connectivity index (χ4v) is 3.08. The van der Waals surface area contributed by atoms with Gasteiger partial charge in [0.05, 0.1) is 16.3 Å². The minimum Gasteiger partial charge on any atom is -0.302 e. The summed E-state index contributed by atoms with van der Waals surface area (Å²) in [5.74, 6) is 0.0471. The van der Waals surface area contributed by atoms with Crippen molar-refractivity contribution in [3.8, 4) is 0 Å². The molecule has 0 aliphatic carbocycles. The molecule has 0 aliphatic rings. The summed E-state index contributed by atoms with van der Waals surface area (Å²) >= 11 is 8.24. The third-order valence-corrected chi connectivity index (χ3v) is 4.31. The Bertz CT molecular complexity index is 823. The zero-order valence-electron chi connectivity index (χ0n) is 12.2. The van der Waals surface area contributed by atoms with Crippen LogP contribution in [0.1, 0.15) is 16.1 Å². The number of hydrogen-bond donors (Lipinski definition) is 1. The first-order valence-electron chi connectivity index (χ1n) is 6.80. The predicted octanol–water partition coefficient (Wildman–Crippen LogP) is 3.18. The molecule has 8 heteroatoms. The average Bonchev–Trinajstić information content (AvgIpc) is 3.03. The largest absolute Gasteiger partial charge is 0.302 e. The maximum atomic E-state index is 12.4. The van der Waals surface area contributed by atoms with E-state index in [0.717, 1.165) is 9.13 Å². The van der Waals surface area contributed by atoms with Crippen molar-refractivity contribution in [3.05, 3.63) is 62.6 Å². The van der Waals surface area contributed by atoms with E-state index in [9.17, 15) is 4.79 Å². The highest BCUT2D eigenvalue weighted by atomic mass is 127. The van der Waals surface area contributed by atoms with Gasteiger partial charge in [-0.15, -0.1) is 0 Å². The lowest BCUT2D eigenvalue weighted by atomic mass is 10.2. The molecule has 0 saturated carbocycles. The molecule has 0 radical (unpaired) electrons. The molecule has 0 spiro atoms. The van der Waals surface area contributed by atoms with Crippen LogP contribution in [0.4, 0.5) is 5.82 Å². The van der Waals surface area contributed by atoms with Crippen molar-refractivity contribution in [2.45, 2.75) is 6.54 Å². The number of halogens is 2. The van der Waals surface area contributed by atoms with Crippen LogP contribution in [0.5, 0.6) is 0 Å². The van der Waals surface area contributed by atoms with E-state index in [2.05, 4.69) is 38.1 Å². The van der Waals surface area contributed by atoms with Gasteiger partial charge in [-0.2, -0.15) is 10.2 Å². The SMILES string of the molecule is Cn1ncc(I)c1C(=O)Nc1nn(Cc2ccccc2)cc1Cl. The van der Waals surface area contributed by atoms with Crippen LogP contribution in [0.2, 0.25) is 5.02 Å². The Balaban J connectivity index is 1.78. The van der Waals surface area contributed by atoms with Crippen LogP contribution in [0.3, 0.4) is 0 Å². The van der Waals surface area contributed by atoms with Crippen molar-refractivity contribution < 1.29 is 4.79 Å². The second-order valence-corrected chi connectivity index (χ2v) is 6.50. The van der Waals surface area contributed by atoms with Crippen LogP contribution in [0, 0.1) is 3.57 Å². The van der Waals surface area contributed by atoms with E-state index in [0.29, 0.717) is 23.1 Å². The minimum atomic E-state index is -0.290. The molecule has 0 atom stereocenters. The van der Waals surface area contributed by atoms with E-state index in [4.69, 9.17) is 11.6 Å². The van der Waals surface area contributed by atoms with Crippen LogP contribution in [-0.2, 0) is 13.6 Å². The Morgan fingerprint density at radius 3 is 2.74 bits per heavy atom. The highest BCUT2D eigenvalue weighted by molar-refractivity contribution is 14.1. The number of nitrogens with zero attached hydrogens (tertiary/aromatic N) is 4. The van der Waals surface area contributed by atoms with E-state index in [1.165, 1.54) is 4.68 Å². The van der Waals surface area contributed by atoms with E-state index >= 15 is 0 Å². The van der Waals surface area contributed by atoms with Gasteiger partial charge < -0.3 is 5.32 Å². The standard InChI is InChI=1S/C15H13ClIN5O/c1-21-13(12(17)7-18-21)15(23)19-14-11(16)9-22(20-14)8-10-5-3-2-4-6-10/h2-7,9H,8H2,1H3,(H,19,20,23). The van der Waals surface area contributed by atoms with Crippen LogP contribution in [0.25, 0.3) is 0 Å². The van der Waals surface area contributed by atoms with E-state index in [1.54, 1.807) is 24.1 Å². The number of anilines is 1. The Hall–Kier alpha value is -1.87. The third-order valence-electron chi connectivity index (χ3n) is 3.25. The first kappa shape index (κ1) is 16.0. The van der Waals surface area contributed by atoms with Gasteiger partial charge in [-0.1, -0.05) is 41.9 Å². The quantitative estimate of drug-likeness (QED) is 0.633. The summed E-state index contributed by atoms with van der Waals surface area (Å²) in [7, 11) is 1.71. The van der Waals surface area contributed by atoms with Gasteiger partial charge >= 0.3 is 0 Å². The van der Waals surface area contributed by atoms with Gasteiger partial charge in [0, 0.05) is 13.2 Å². The summed E-state index contributed by atoms with van der Waals surface area (Å²) in [4.78, 5) is 12.4. The number of carbonyl (C=O) groups is 1. The molecular weight excluding hydrogens is 429 g/mol. The summed E-state index contributed by atoms with van der Waals surface area (Å²) in [6, 6.07) is 9.90. The first-order chi connectivity index (χ1) is 11.0. The number of aromatic nitrogens is 4. The summed E-state index contributed by atoms with van der Waals surface area (Å²) in [5.41, 5.74) is 1.57. The lowest BCUT2D eigenvalue weighted by molar-refractivity contribution is 0.101. The molecule has 3 rings (SSSR count). The second-order valence-electron chi connectivity index (χ2n) is 4.93. The average molecular weight is 442 g/mol. The van der Waals surface area contributed by atoms with Gasteiger partial charge in [0.1, 0.15) is 10.7 Å². The number of carbonyl (C=O) groups excluding carboxylic acids is 1. The summed E-state index contributed by atoms with van der Waals surface area (Å²) in [5, 5.41) is 11.5. The van der Waals surface area contributed by atoms with Crippen LogP contribution >= 0.6 is 34.2 Å². The van der Waals surface area contributed by atoms with Gasteiger partial charge in [-0.25, -0.2) is 0 Å². The molecule has 1 N–H and O–H groups in total. The molecule has 0 bridgehead atoms. The molecule has 1 aromatic carbocycles. The van der Waals surface area contributed by atoms with Gasteiger partial charge in [0.25, 0.3) is 5.91 Å². The Kier molecular flexibility index (Phi) is 4.67. The van der Waals surface area contributed by atoms with E-state index < -0.39 is 0 Å². The Morgan fingerprint density at radius 1 is 1.35 bits per heavy atom. The van der Waals surface area contributed by atoms with Crippen molar-refractivity contribution in [2.75, 3.05) is 5.32 Å². The topological polar surface area (TPSA) is 64.7 Å². The molecule has 23 heavy (non-hydrogen) atoms. The van der Waals surface area contributed by atoms with Crippen molar-refractivity contribution in [2.24, 2.45) is 7.05 Å². The molecule has 0 unspecified atom stereocenters. The molecule has 1 amide bonds. The second kappa shape index (κ2) is 6.71. The fourth-order valence-electron chi connectivity index (χ4n) is 2.17. The highest BCUT2D eigenvalue weighted by Crippen LogP contribution is 2.21. The van der Waals surface area contributed by atoms with Crippen molar-refractivity contribution >= 4 is 45.9 Å². The smallest absolute Gasteiger partial charge is 0.276 e. The zero-order chi connectivity index (χ0) is 16.4. The molecule has 2 heterocycles. The molecular formula is C15H13ClIN5O. The van der Waals surface area contributed by atoms with E-state index in [1.807, 2.05) is 30.3 Å². The Labute approximate surface area is 151 Å². The minimum absolute atomic E-state index is 0.290. The van der Waals surface area contributed by atoms with Crippen LogP contribution in [-0.4, -0.2) is 25.5 Å². The summed E-state index contributed by atoms with van der Waals surface area (Å²) in [6.45, 7) is 0.583. The van der Waals surface area contributed by atoms with Gasteiger partial charge in [0.2, 0.25) is 0 Å². The molecule has 0 saturated heterocycles. The highest BCUT2D eigenvalue weighted by Gasteiger charge is 2.18. The van der Waals surface area contributed by atoms with Crippen LogP contribution in [0.15, 0.2) is 42.7 Å². The molecule has 118 valence electrons. The normalized spacial score (nSPS) is 10.7. The van der Waals surface area contributed by atoms with Gasteiger partial charge in [-0.05, 0) is 28.2 Å². The van der Waals surface area contributed by atoms with Crippen LogP contribution < -0.4 is 5.32 Å². The summed E-state index contributed by atoms with van der Waals surface area (Å²) < 4.78 is 3.98. The molecule has 0 aliphatic heterocycles. The number of rotatable bonds is 4.